The third kappa shape index (κ3) is 4.78. The lowest BCUT2D eigenvalue weighted by Gasteiger charge is -2.32. The number of nitrogens with two attached hydrogens (primary N) is 1. The van der Waals surface area contributed by atoms with Crippen molar-refractivity contribution in [2.24, 2.45) is 5.73 Å². The van der Waals surface area contributed by atoms with Gasteiger partial charge in [0.1, 0.15) is 11.9 Å². The molecule has 0 amide bonds. The predicted octanol–water partition coefficient (Wildman–Crippen LogP) is 1.46. The summed E-state index contributed by atoms with van der Waals surface area (Å²) in [6, 6.07) is 5.92. The Labute approximate surface area is 148 Å². The van der Waals surface area contributed by atoms with Crippen molar-refractivity contribution in [3.63, 3.8) is 0 Å². The fourth-order valence-corrected chi connectivity index (χ4v) is 3.06. The lowest BCUT2D eigenvalue weighted by molar-refractivity contribution is 0.0445. The molecule has 1 unspecified atom stereocenters. The monoisotopic (exact) mass is 346 g/mol. The molecule has 2 aromatic rings. The van der Waals surface area contributed by atoms with Crippen molar-refractivity contribution in [1.82, 2.24) is 14.9 Å². The Morgan fingerprint density at radius 2 is 2.04 bits per heavy atom. The lowest BCUT2D eigenvalue weighted by atomic mass is 10.1. The molecule has 136 valence electrons. The minimum atomic E-state index is -0.100. The molecule has 25 heavy (non-hydrogen) atoms. The number of rotatable bonds is 7. The average Bonchev–Trinajstić information content (AvgIpc) is 2.63. The van der Waals surface area contributed by atoms with Crippen LogP contribution in [0, 0.1) is 0 Å². The molecule has 1 atom stereocenters. The summed E-state index contributed by atoms with van der Waals surface area (Å²) < 4.78 is 16.6. The van der Waals surface area contributed by atoms with E-state index in [9.17, 15) is 0 Å². The number of piperidine rings is 1. The van der Waals surface area contributed by atoms with Crippen molar-refractivity contribution in [1.29, 1.82) is 0 Å². The van der Waals surface area contributed by atoms with Crippen LogP contribution in [0.15, 0.2) is 24.4 Å². The molecular formula is C18H26N4O3. The van der Waals surface area contributed by atoms with Gasteiger partial charge in [-0.25, -0.2) is 9.97 Å². The lowest BCUT2D eigenvalue weighted by Crippen LogP contribution is -2.45. The van der Waals surface area contributed by atoms with Crippen molar-refractivity contribution in [3.05, 3.63) is 24.4 Å². The highest BCUT2D eigenvalue weighted by molar-refractivity contribution is 5.76. The molecule has 2 heterocycles. The quantitative estimate of drug-likeness (QED) is 0.812. The van der Waals surface area contributed by atoms with Gasteiger partial charge in [-0.3, -0.25) is 4.90 Å². The number of ether oxygens (including phenoxy) is 3. The Hall–Kier alpha value is -1.96. The minimum Gasteiger partial charge on any atom is -0.497 e. The maximum atomic E-state index is 6.05. The van der Waals surface area contributed by atoms with Gasteiger partial charge in [-0.05, 0) is 38.1 Å². The molecule has 0 bridgehead atoms. The molecule has 3 rings (SSSR count). The summed E-state index contributed by atoms with van der Waals surface area (Å²) in [6.45, 7) is 3.27. The number of hydrogen-bond donors (Lipinski definition) is 1. The maximum absolute atomic E-state index is 6.05. The molecular weight excluding hydrogens is 320 g/mol. The third-order valence-corrected chi connectivity index (χ3v) is 4.46. The first-order chi connectivity index (χ1) is 12.2. The van der Waals surface area contributed by atoms with Crippen LogP contribution in [-0.2, 0) is 4.74 Å². The molecule has 2 N–H and O–H groups in total. The molecule has 0 aliphatic carbocycles. The van der Waals surface area contributed by atoms with Gasteiger partial charge in [-0.1, -0.05) is 0 Å². The topological polar surface area (TPSA) is 82.7 Å². The molecule has 1 aromatic carbocycles. The summed E-state index contributed by atoms with van der Waals surface area (Å²) in [5.74, 6) is 1.24. The standard InChI is InChI=1S/C18H26N4O3/c1-23-12-15(11-22-7-5-13(19)6-8-22)25-18-10-20-16-4-3-14(24-2)9-17(16)21-18/h3-4,9-10,13,15H,5-8,11-12,19H2,1-2H3. The fourth-order valence-electron chi connectivity index (χ4n) is 3.06. The van der Waals surface area contributed by atoms with E-state index in [2.05, 4.69) is 14.9 Å². The molecule has 7 nitrogen and oxygen atoms in total. The highest BCUT2D eigenvalue weighted by Gasteiger charge is 2.21. The SMILES string of the molecule is COCC(CN1CCC(N)CC1)Oc1cnc2ccc(OC)cc2n1. The van der Waals surface area contributed by atoms with Gasteiger partial charge in [0, 0.05) is 25.8 Å². The van der Waals surface area contributed by atoms with Crippen molar-refractivity contribution >= 4 is 11.0 Å². The van der Waals surface area contributed by atoms with Crippen LogP contribution in [0.5, 0.6) is 11.6 Å². The van der Waals surface area contributed by atoms with Crippen molar-refractivity contribution in [3.8, 4) is 11.6 Å². The molecule has 1 fully saturated rings. The Bertz CT molecular complexity index is 689. The molecule has 0 saturated carbocycles. The number of fused-ring (bicyclic) bond motifs is 1. The van der Waals surface area contributed by atoms with Gasteiger partial charge in [0.15, 0.2) is 0 Å². The van der Waals surface area contributed by atoms with E-state index in [4.69, 9.17) is 19.9 Å². The zero-order valence-electron chi connectivity index (χ0n) is 14.9. The van der Waals surface area contributed by atoms with E-state index in [1.807, 2.05) is 18.2 Å². The summed E-state index contributed by atoms with van der Waals surface area (Å²) in [4.78, 5) is 11.3. The second-order valence-electron chi connectivity index (χ2n) is 6.40. The fraction of sp³-hybridized carbons (Fsp3) is 0.556. The van der Waals surface area contributed by atoms with Gasteiger partial charge in [0.05, 0.1) is 30.9 Å². The molecule has 0 radical (unpaired) electrons. The number of nitrogens with zero attached hydrogens (tertiary/aromatic N) is 3. The number of hydrogen-bond acceptors (Lipinski definition) is 7. The van der Waals surface area contributed by atoms with E-state index >= 15 is 0 Å². The first-order valence-electron chi connectivity index (χ1n) is 8.62. The molecule has 1 saturated heterocycles. The zero-order chi connectivity index (χ0) is 17.6. The predicted molar refractivity (Wildman–Crippen MR) is 96.0 cm³/mol. The number of benzene rings is 1. The highest BCUT2D eigenvalue weighted by Crippen LogP contribution is 2.20. The molecule has 1 aliphatic heterocycles. The summed E-state index contributed by atoms with van der Waals surface area (Å²) in [7, 11) is 3.31. The second-order valence-corrected chi connectivity index (χ2v) is 6.40. The normalized spacial score (nSPS) is 17.6. The maximum Gasteiger partial charge on any atom is 0.233 e. The van der Waals surface area contributed by atoms with Crippen LogP contribution >= 0.6 is 0 Å². The van der Waals surface area contributed by atoms with Crippen LogP contribution in [-0.4, -0.2) is 67.5 Å². The van der Waals surface area contributed by atoms with E-state index in [0.717, 1.165) is 49.3 Å². The van der Waals surface area contributed by atoms with E-state index < -0.39 is 0 Å². The number of methoxy groups -OCH3 is 2. The Balaban J connectivity index is 1.69. The van der Waals surface area contributed by atoms with Crippen LogP contribution in [0.1, 0.15) is 12.8 Å². The van der Waals surface area contributed by atoms with Gasteiger partial charge in [0.2, 0.25) is 5.88 Å². The first kappa shape index (κ1) is 17.8. The van der Waals surface area contributed by atoms with Gasteiger partial charge in [-0.15, -0.1) is 0 Å². The van der Waals surface area contributed by atoms with E-state index in [-0.39, 0.29) is 6.10 Å². The minimum absolute atomic E-state index is 0.100. The van der Waals surface area contributed by atoms with Crippen molar-refractivity contribution < 1.29 is 14.2 Å². The molecule has 1 aliphatic rings. The van der Waals surface area contributed by atoms with Gasteiger partial charge in [0.25, 0.3) is 0 Å². The molecule has 0 spiro atoms. The van der Waals surface area contributed by atoms with Crippen LogP contribution in [0.2, 0.25) is 0 Å². The molecule has 1 aromatic heterocycles. The number of aromatic nitrogens is 2. The summed E-state index contributed by atoms with van der Waals surface area (Å²) in [5.41, 5.74) is 7.53. The second kappa shape index (κ2) is 8.42. The van der Waals surface area contributed by atoms with Gasteiger partial charge >= 0.3 is 0 Å². The Kier molecular flexibility index (Phi) is 6.01. The highest BCUT2D eigenvalue weighted by atomic mass is 16.5. The van der Waals surface area contributed by atoms with Crippen LogP contribution in [0.25, 0.3) is 11.0 Å². The van der Waals surface area contributed by atoms with Gasteiger partial charge in [-0.2, -0.15) is 0 Å². The summed E-state index contributed by atoms with van der Waals surface area (Å²) in [6.07, 6.45) is 3.60. The van der Waals surface area contributed by atoms with Crippen LogP contribution in [0.3, 0.4) is 0 Å². The number of likely N-dealkylation sites (tertiary alicyclic amines) is 1. The smallest absolute Gasteiger partial charge is 0.233 e. The van der Waals surface area contributed by atoms with E-state index in [0.29, 0.717) is 18.5 Å². The summed E-state index contributed by atoms with van der Waals surface area (Å²) >= 11 is 0. The first-order valence-corrected chi connectivity index (χ1v) is 8.62. The Morgan fingerprint density at radius 1 is 1.24 bits per heavy atom. The average molecular weight is 346 g/mol. The van der Waals surface area contributed by atoms with Crippen LogP contribution in [0.4, 0.5) is 0 Å². The third-order valence-electron chi connectivity index (χ3n) is 4.46. The van der Waals surface area contributed by atoms with E-state index in [1.54, 1.807) is 20.4 Å². The molecule has 7 heteroatoms. The van der Waals surface area contributed by atoms with Gasteiger partial charge < -0.3 is 19.9 Å². The van der Waals surface area contributed by atoms with Crippen molar-refractivity contribution in [2.45, 2.75) is 25.0 Å². The largest absolute Gasteiger partial charge is 0.497 e. The summed E-state index contributed by atoms with van der Waals surface area (Å²) in [5, 5.41) is 0. The van der Waals surface area contributed by atoms with Crippen molar-refractivity contribution in [2.75, 3.05) is 40.5 Å². The zero-order valence-corrected chi connectivity index (χ0v) is 14.9. The van der Waals surface area contributed by atoms with E-state index in [1.165, 1.54) is 0 Å². The Morgan fingerprint density at radius 3 is 2.76 bits per heavy atom. The van der Waals surface area contributed by atoms with Crippen LogP contribution < -0.4 is 15.2 Å².